The van der Waals surface area contributed by atoms with Gasteiger partial charge in [0.2, 0.25) is 0 Å². The highest BCUT2D eigenvalue weighted by Gasteiger charge is 2.18. The van der Waals surface area contributed by atoms with Crippen molar-refractivity contribution in [2.24, 2.45) is 0 Å². The van der Waals surface area contributed by atoms with Gasteiger partial charge in [-0.2, -0.15) is 0 Å². The molecule has 0 spiro atoms. The smallest absolute Gasteiger partial charge is 0.261 e. The standard InChI is InChI=1S/C23H24N2O3S/c1-17(19-10-5-3-6-11-19)16-24-23(26)21-14-9-15-22(18(21)2)25-29(27,28)20-12-7-4-8-13-20/h3-15,17,25H,16H2,1-2H3,(H,24,26)/t17-/m0/s1. The molecule has 3 rings (SSSR count). The van der Waals surface area contributed by atoms with Crippen LogP contribution in [0.25, 0.3) is 0 Å². The van der Waals surface area contributed by atoms with Crippen LogP contribution in [0, 0.1) is 6.92 Å². The maximum absolute atomic E-state index is 12.7. The highest BCUT2D eigenvalue weighted by Crippen LogP contribution is 2.23. The third-order valence-corrected chi connectivity index (χ3v) is 6.20. The Hall–Kier alpha value is -3.12. The van der Waals surface area contributed by atoms with Crippen LogP contribution in [0.2, 0.25) is 0 Å². The molecule has 0 aliphatic heterocycles. The number of benzene rings is 3. The van der Waals surface area contributed by atoms with Crippen LogP contribution in [0.15, 0.2) is 83.8 Å². The number of anilines is 1. The Morgan fingerprint density at radius 1 is 0.897 bits per heavy atom. The molecule has 0 radical (unpaired) electrons. The van der Waals surface area contributed by atoms with E-state index in [0.717, 1.165) is 5.56 Å². The predicted molar refractivity (Wildman–Crippen MR) is 116 cm³/mol. The van der Waals surface area contributed by atoms with Crippen LogP contribution < -0.4 is 10.0 Å². The first-order valence-electron chi connectivity index (χ1n) is 9.39. The van der Waals surface area contributed by atoms with Gasteiger partial charge in [0.25, 0.3) is 15.9 Å². The van der Waals surface area contributed by atoms with Crippen molar-refractivity contribution in [3.05, 3.63) is 95.6 Å². The molecule has 29 heavy (non-hydrogen) atoms. The monoisotopic (exact) mass is 408 g/mol. The summed E-state index contributed by atoms with van der Waals surface area (Å²) < 4.78 is 27.8. The van der Waals surface area contributed by atoms with Gasteiger partial charge in [0.1, 0.15) is 0 Å². The van der Waals surface area contributed by atoms with Crippen LogP contribution in [0.1, 0.15) is 34.3 Å². The highest BCUT2D eigenvalue weighted by atomic mass is 32.2. The molecule has 3 aromatic rings. The lowest BCUT2D eigenvalue weighted by atomic mass is 10.0. The molecule has 0 heterocycles. The molecule has 0 aromatic heterocycles. The maximum atomic E-state index is 12.7. The minimum atomic E-state index is -3.72. The number of sulfonamides is 1. The second-order valence-electron chi connectivity index (χ2n) is 6.92. The van der Waals surface area contributed by atoms with E-state index in [1.54, 1.807) is 43.3 Å². The fourth-order valence-corrected chi connectivity index (χ4v) is 4.18. The highest BCUT2D eigenvalue weighted by molar-refractivity contribution is 7.92. The van der Waals surface area contributed by atoms with E-state index in [1.807, 2.05) is 37.3 Å². The van der Waals surface area contributed by atoms with Crippen molar-refractivity contribution in [3.63, 3.8) is 0 Å². The average Bonchev–Trinajstić information content (AvgIpc) is 2.74. The third-order valence-electron chi connectivity index (χ3n) is 4.81. The minimum Gasteiger partial charge on any atom is -0.351 e. The van der Waals surface area contributed by atoms with Gasteiger partial charge >= 0.3 is 0 Å². The van der Waals surface area contributed by atoms with Crippen LogP contribution in [0.4, 0.5) is 5.69 Å². The predicted octanol–water partition coefficient (Wildman–Crippen LogP) is 4.33. The Morgan fingerprint density at radius 2 is 1.52 bits per heavy atom. The van der Waals surface area contributed by atoms with E-state index >= 15 is 0 Å². The third kappa shape index (κ3) is 5.03. The van der Waals surface area contributed by atoms with Crippen LogP contribution >= 0.6 is 0 Å². The molecule has 0 aliphatic rings. The molecule has 0 bridgehead atoms. The van der Waals surface area contributed by atoms with Gasteiger partial charge in [-0.1, -0.05) is 61.5 Å². The van der Waals surface area contributed by atoms with Crippen LogP contribution in [-0.4, -0.2) is 20.9 Å². The van der Waals surface area contributed by atoms with Crippen LogP contribution in [0.3, 0.4) is 0 Å². The molecular formula is C23H24N2O3S. The van der Waals surface area contributed by atoms with Crippen molar-refractivity contribution in [2.45, 2.75) is 24.7 Å². The summed E-state index contributed by atoms with van der Waals surface area (Å²) in [6.45, 7) is 4.27. The lowest BCUT2D eigenvalue weighted by molar-refractivity contribution is 0.0951. The second kappa shape index (κ2) is 8.92. The van der Waals surface area contributed by atoms with Gasteiger partial charge in [0, 0.05) is 12.1 Å². The number of hydrogen-bond acceptors (Lipinski definition) is 3. The minimum absolute atomic E-state index is 0.167. The van der Waals surface area contributed by atoms with Gasteiger partial charge in [0.15, 0.2) is 0 Å². The maximum Gasteiger partial charge on any atom is 0.261 e. The fraction of sp³-hybridized carbons (Fsp3) is 0.174. The summed E-state index contributed by atoms with van der Waals surface area (Å²) in [5, 5.41) is 2.94. The first-order valence-corrected chi connectivity index (χ1v) is 10.9. The first-order chi connectivity index (χ1) is 13.9. The van der Waals surface area contributed by atoms with Crippen molar-refractivity contribution >= 4 is 21.6 Å². The molecule has 5 nitrogen and oxygen atoms in total. The fourth-order valence-electron chi connectivity index (χ4n) is 3.04. The number of hydrogen-bond donors (Lipinski definition) is 2. The van der Waals surface area contributed by atoms with Gasteiger partial charge in [-0.05, 0) is 48.2 Å². The first kappa shape index (κ1) is 20.6. The van der Waals surface area contributed by atoms with Crippen molar-refractivity contribution < 1.29 is 13.2 Å². The van der Waals surface area contributed by atoms with E-state index in [4.69, 9.17) is 0 Å². The summed E-state index contributed by atoms with van der Waals surface area (Å²) in [6.07, 6.45) is 0. The zero-order valence-electron chi connectivity index (χ0n) is 16.4. The number of carbonyl (C=O) groups is 1. The van der Waals surface area contributed by atoms with E-state index < -0.39 is 10.0 Å². The molecule has 1 atom stereocenters. The largest absolute Gasteiger partial charge is 0.351 e. The molecule has 3 aromatic carbocycles. The van der Waals surface area contributed by atoms with Crippen LogP contribution in [0.5, 0.6) is 0 Å². The summed E-state index contributed by atoms with van der Waals surface area (Å²) in [5.41, 5.74) is 2.56. The lowest BCUT2D eigenvalue weighted by Gasteiger charge is -2.16. The summed E-state index contributed by atoms with van der Waals surface area (Å²) in [4.78, 5) is 12.9. The Kier molecular flexibility index (Phi) is 6.34. The van der Waals surface area contributed by atoms with E-state index in [0.29, 0.717) is 23.4 Å². The zero-order chi connectivity index (χ0) is 20.9. The normalized spacial score (nSPS) is 12.2. The van der Waals surface area contributed by atoms with Gasteiger partial charge in [-0.3, -0.25) is 9.52 Å². The number of rotatable bonds is 7. The summed E-state index contributed by atoms with van der Waals surface area (Å²) >= 11 is 0. The molecule has 6 heteroatoms. The molecule has 0 aliphatic carbocycles. The van der Waals surface area contributed by atoms with E-state index in [-0.39, 0.29) is 16.7 Å². The molecule has 0 unspecified atom stereocenters. The number of carbonyl (C=O) groups excluding carboxylic acids is 1. The average molecular weight is 409 g/mol. The quantitative estimate of drug-likeness (QED) is 0.611. The molecule has 2 N–H and O–H groups in total. The topological polar surface area (TPSA) is 75.3 Å². The van der Waals surface area contributed by atoms with Crippen LogP contribution in [-0.2, 0) is 10.0 Å². The summed E-state index contributed by atoms with van der Waals surface area (Å²) in [5.74, 6) is -0.0636. The van der Waals surface area contributed by atoms with E-state index in [1.165, 1.54) is 12.1 Å². The molecule has 150 valence electrons. The van der Waals surface area contributed by atoms with Gasteiger partial charge in [-0.25, -0.2) is 8.42 Å². The second-order valence-corrected chi connectivity index (χ2v) is 8.60. The molecule has 0 fully saturated rings. The Balaban J connectivity index is 1.73. The van der Waals surface area contributed by atoms with Crippen molar-refractivity contribution in [1.82, 2.24) is 5.32 Å². The van der Waals surface area contributed by atoms with E-state index in [9.17, 15) is 13.2 Å². The van der Waals surface area contributed by atoms with Gasteiger partial charge < -0.3 is 5.32 Å². The van der Waals surface area contributed by atoms with Gasteiger partial charge in [-0.15, -0.1) is 0 Å². The Labute approximate surface area is 171 Å². The Morgan fingerprint density at radius 3 is 2.17 bits per heavy atom. The molecule has 1 amide bonds. The SMILES string of the molecule is Cc1c(NS(=O)(=O)c2ccccc2)cccc1C(=O)NC[C@H](C)c1ccccc1. The molecule has 0 saturated carbocycles. The number of amides is 1. The Bertz CT molecular complexity index is 1080. The summed E-state index contributed by atoms with van der Waals surface area (Å²) in [6, 6.07) is 23.1. The molecule has 0 saturated heterocycles. The molecular weight excluding hydrogens is 384 g/mol. The van der Waals surface area contributed by atoms with E-state index in [2.05, 4.69) is 10.0 Å². The number of nitrogens with one attached hydrogen (secondary N) is 2. The lowest BCUT2D eigenvalue weighted by Crippen LogP contribution is -2.28. The van der Waals surface area contributed by atoms with Crippen molar-refractivity contribution in [1.29, 1.82) is 0 Å². The van der Waals surface area contributed by atoms with Crippen molar-refractivity contribution in [2.75, 3.05) is 11.3 Å². The summed E-state index contributed by atoms with van der Waals surface area (Å²) in [7, 11) is -3.72. The zero-order valence-corrected chi connectivity index (χ0v) is 17.2. The van der Waals surface area contributed by atoms with Gasteiger partial charge in [0.05, 0.1) is 10.6 Å². The van der Waals surface area contributed by atoms with Crippen molar-refractivity contribution in [3.8, 4) is 0 Å².